The number of benzene rings is 1. The summed E-state index contributed by atoms with van der Waals surface area (Å²) in [5.74, 6) is 0.720. The number of aromatic nitrogens is 2. The van der Waals surface area contributed by atoms with Crippen LogP contribution in [-0.2, 0) is 6.54 Å². The van der Waals surface area contributed by atoms with Gasteiger partial charge in [-0.1, -0.05) is 6.08 Å². The number of nitriles is 1. The Bertz CT molecular complexity index is 883. The summed E-state index contributed by atoms with van der Waals surface area (Å²) in [6.07, 6.45) is 9.92. The van der Waals surface area contributed by atoms with Gasteiger partial charge in [-0.15, -0.1) is 0 Å². The van der Waals surface area contributed by atoms with Gasteiger partial charge in [0.15, 0.2) is 5.82 Å². The Morgan fingerprint density at radius 1 is 1.30 bits per heavy atom. The molecule has 23 heavy (non-hydrogen) atoms. The van der Waals surface area contributed by atoms with E-state index in [0.29, 0.717) is 11.3 Å². The van der Waals surface area contributed by atoms with Crippen LogP contribution in [0.5, 0.6) is 0 Å². The largest absolute Gasteiger partial charge is 0.623 e. The molecule has 0 fully saturated rings. The average molecular weight is 304 g/mol. The predicted octanol–water partition coefficient (Wildman–Crippen LogP) is 3.06. The lowest BCUT2D eigenvalue weighted by Crippen LogP contribution is -2.20. The van der Waals surface area contributed by atoms with Gasteiger partial charge in [-0.3, -0.25) is 4.57 Å². The van der Waals surface area contributed by atoms with E-state index >= 15 is 0 Å². The fourth-order valence-electron chi connectivity index (χ4n) is 3.40. The molecule has 2 heterocycles. The fourth-order valence-corrected chi connectivity index (χ4v) is 3.40. The molecular formula is C18H16N4O. The van der Waals surface area contributed by atoms with E-state index in [1.807, 2.05) is 22.9 Å². The summed E-state index contributed by atoms with van der Waals surface area (Å²) in [5.41, 5.74) is 4.09. The van der Waals surface area contributed by atoms with Crippen LogP contribution in [0.3, 0.4) is 0 Å². The van der Waals surface area contributed by atoms with Crippen molar-refractivity contribution in [3.8, 4) is 11.8 Å². The molecule has 0 saturated heterocycles. The van der Waals surface area contributed by atoms with E-state index in [9.17, 15) is 10.5 Å². The Kier molecular flexibility index (Phi) is 3.23. The van der Waals surface area contributed by atoms with Crippen LogP contribution >= 0.6 is 0 Å². The van der Waals surface area contributed by atoms with Gasteiger partial charge in [0.2, 0.25) is 12.3 Å². The molecule has 4 rings (SSSR count). The number of allylic oxidation sites excluding steroid dienone is 2. The topological polar surface area (TPSA) is 67.7 Å². The summed E-state index contributed by atoms with van der Waals surface area (Å²) in [7, 11) is 0. The van der Waals surface area contributed by atoms with Crippen molar-refractivity contribution in [3.63, 3.8) is 0 Å². The van der Waals surface area contributed by atoms with E-state index in [2.05, 4.69) is 17.1 Å². The van der Waals surface area contributed by atoms with Gasteiger partial charge in [0, 0.05) is 18.0 Å². The van der Waals surface area contributed by atoms with Crippen LogP contribution in [0.15, 0.2) is 42.2 Å². The molecule has 0 bridgehead atoms. The quantitative estimate of drug-likeness (QED) is 0.600. The van der Waals surface area contributed by atoms with Crippen LogP contribution in [0.4, 0.5) is 0 Å². The maximum Gasteiger partial charge on any atom is 0.223 e. The van der Waals surface area contributed by atoms with Crippen molar-refractivity contribution in [1.29, 1.82) is 5.26 Å². The SMILES string of the molecule is N#Cc1ccc2c(c1)C(C1=CCCCC1)=[N+]([O-])Cc1nccn1-2. The third-order valence-corrected chi connectivity index (χ3v) is 4.49. The summed E-state index contributed by atoms with van der Waals surface area (Å²) in [4.78, 5) is 4.31. The Balaban J connectivity index is 2.00. The highest BCUT2D eigenvalue weighted by Gasteiger charge is 2.28. The van der Waals surface area contributed by atoms with Gasteiger partial charge in [-0.2, -0.15) is 10.0 Å². The zero-order valence-corrected chi connectivity index (χ0v) is 12.7. The zero-order valence-electron chi connectivity index (χ0n) is 12.7. The summed E-state index contributed by atoms with van der Waals surface area (Å²) in [6, 6.07) is 7.69. The number of hydrogen-bond donors (Lipinski definition) is 0. The molecule has 2 aliphatic rings. The summed E-state index contributed by atoms with van der Waals surface area (Å²) >= 11 is 0. The first-order chi connectivity index (χ1) is 11.3. The first-order valence-corrected chi connectivity index (χ1v) is 7.86. The molecule has 1 aliphatic carbocycles. The maximum absolute atomic E-state index is 12.8. The summed E-state index contributed by atoms with van der Waals surface area (Å²) in [6.45, 7) is 0.218. The van der Waals surface area contributed by atoms with E-state index in [-0.39, 0.29) is 6.54 Å². The van der Waals surface area contributed by atoms with Gasteiger partial charge in [0.05, 0.1) is 22.9 Å². The summed E-state index contributed by atoms with van der Waals surface area (Å²) < 4.78 is 2.97. The minimum Gasteiger partial charge on any atom is -0.623 e. The van der Waals surface area contributed by atoms with E-state index in [1.54, 1.807) is 12.3 Å². The van der Waals surface area contributed by atoms with Crippen molar-refractivity contribution >= 4 is 5.71 Å². The number of fused-ring (bicyclic) bond motifs is 3. The first kappa shape index (κ1) is 13.8. The predicted molar refractivity (Wildman–Crippen MR) is 86.3 cm³/mol. The molecule has 0 unspecified atom stereocenters. The van der Waals surface area contributed by atoms with Crippen LogP contribution in [0.2, 0.25) is 0 Å². The van der Waals surface area contributed by atoms with Gasteiger partial charge in [-0.05, 0) is 43.9 Å². The minimum atomic E-state index is 0.218. The molecule has 114 valence electrons. The van der Waals surface area contributed by atoms with Crippen LogP contribution in [0.25, 0.3) is 5.69 Å². The highest BCUT2D eigenvalue weighted by molar-refractivity contribution is 6.12. The molecule has 0 spiro atoms. The lowest BCUT2D eigenvalue weighted by atomic mass is 9.91. The van der Waals surface area contributed by atoms with Crippen LogP contribution < -0.4 is 0 Å². The van der Waals surface area contributed by atoms with Crippen molar-refractivity contribution in [2.75, 3.05) is 0 Å². The Hall–Kier alpha value is -2.87. The third-order valence-electron chi connectivity index (χ3n) is 4.49. The summed E-state index contributed by atoms with van der Waals surface area (Å²) in [5, 5.41) is 22.1. The highest BCUT2D eigenvalue weighted by atomic mass is 16.5. The molecular weight excluding hydrogens is 288 g/mol. The van der Waals surface area contributed by atoms with Gasteiger partial charge < -0.3 is 5.21 Å². The van der Waals surface area contributed by atoms with Crippen molar-refractivity contribution < 1.29 is 4.74 Å². The van der Waals surface area contributed by atoms with Crippen LogP contribution in [0.1, 0.15) is 42.6 Å². The van der Waals surface area contributed by atoms with Gasteiger partial charge >= 0.3 is 0 Å². The third kappa shape index (κ3) is 2.23. The molecule has 0 amide bonds. The number of rotatable bonds is 1. The molecule has 0 N–H and O–H groups in total. The maximum atomic E-state index is 12.8. The Morgan fingerprint density at radius 2 is 2.22 bits per heavy atom. The molecule has 5 heteroatoms. The minimum absolute atomic E-state index is 0.218. The second-order valence-electron chi connectivity index (χ2n) is 5.92. The van der Waals surface area contributed by atoms with Gasteiger partial charge in [0.25, 0.3) is 0 Å². The second-order valence-corrected chi connectivity index (χ2v) is 5.92. The van der Waals surface area contributed by atoms with Gasteiger partial charge in [0.1, 0.15) is 0 Å². The highest BCUT2D eigenvalue weighted by Crippen LogP contribution is 2.29. The number of hydroxylamine groups is 1. The van der Waals surface area contributed by atoms with E-state index < -0.39 is 0 Å². The van der Waals surface area contributed by atoms with Crippen molar-refractivity contribution in [3.05, 3.63) is 64.4 Å². The number of hydrogen-bond acceptors (Lipinski definition) is 3. The van der Waals surface area contributed by atoms with E-state index in [4.69, 9.17) is 0 Å². The van der Waals surface area contributed by atoms with Crippen molar-refractivity contribution in [2.24, 2.45) is 0 Å². The second kappa shape index (κ2) is 5.40. The first-order valence-electron chi connectivity index (χ1n) is 7.86. The zero-order chi connectivity index (χ0) is 15.8. The molecule has 1 aromatic heterocycles. The smallest absolute Gasteiger partial charge is 0.223 e. The standard InChI is InChI=1S/C18H16N4O/c19-11-13-6-7-16-15(10-13)18(14-4-2-1-3-5-14)22(23)12-17-20-8-9-21(16)17/h4,6-10H,1-3,5,12H2. The van der Waals surface area contributed by atoms with Crippen molar-refractivity contribution in [2.45, 2.75) is 32.2 Å². The average Bonchev–Trinajstić information content (AvgIpc) is 2.99. The monoisotopic (exact) mass is 304 g/mol. The fraction of sp³-hybridized carbons (Fsp3) is 0.278. The van der Waals surface area contributed by atoms with Crippen LogP contribution in [-0.4, -0.2) is 20.0 Å². The molecule has 0 saturated carbocycles. The Labute approximate surface area is 134 Å². The van der Waals surface area contributed by atoms with E-state index in [1.165, 1.54) is 6.42 Å². The molecule has 2 aromatic rings. The molecule has 0 atom stereocenters. The molecule has 0 radical (unpaired) electrons. The molecule has 5 nitrogen and oxygen atoms in total. The number of nitrogens with zero attached hydrogens (tertiary/aromatic N) is 4. The lowest BCUT2D eigenvalue weighted by molar-refractivity contribution is -0.475. The van der Waals surface area contributed by atoms with E-state index in [0.717, 1.165) is 46.6 Å². The van der Waals surface area contributed by atoms with Gasteiger partial charge in [-0.25, -0.2) is 4.98 Å². The molecule has 1 aliphatic heterocycles. The molecule has 1 aromatic carbocycles. The van der Waals surface area contributed by atoms with Crippen LogP contribution in [0, 0.1) is 16.5 Å². The van der Waals surface area contributed by atoms with Crippen molar-refractivity contribution in [1.82, 2.24) is 9.55 Å². The number of imidazole rings is 1. The Morgan fingerprint density at radius 3 is 3.00 bits per heavy atom. The normalized spacial score (nSPS) is 16.9. The lowest BCUT2D eigenvalue weighted by Gasteiger charge is -2.16.